The van der Waals surface area contributed by atoms with Gasteiger partial charge < -0.3 is 10.1 Å². The number of unbranched alkanes of at least 4 members (excludes halogenated alkanes) is 1. The second kappa shape index (κ2) is 8.37. The normalized spacial score (nSPS) is 10.4. The van der Waals surface area contributed by atoms with Crippen LogP contribution in [0.3, 0.4) is 0 Å². The lowest BCUT2D eigenvalue weighted by Gasteiger charge is -2.11. The van der Waals surface area contributed by atoms with Crippen molar-refractivity contribution in [1.29, 1.82) is 0 Å². The maximum atomic E-state index is 12.0. The van der Waals surface area contributed by atoms with Gasteiger partial charge in [0.05, 0.1) is 0 Å². The summed E-state index contributed by atoms with van der Waals surface area (Å²) in [5.41, 5.74) is 4.34. The zero-order valence-corrected chi connectivity index (χ0v) is 14.2. The zero-order valence-electron chi connectivity index (χ0n) is 14.2. The Balaban J connectivity index is 1.86. The number of nitrogens with one attached hydrogen (secondary N) is 1. The number of amides is 1. The molecule has 0 atom stereocenters. The highest BCUT2D eigenvalue weighted by Crippen LogP contribution is 2.20. The summed E-state index contributed by atoms with van der Waals surface area (Å²) in [6.45, 7) is 6.23. The Hall–Kier alpha value is -2.29. The van der Waals surface area contributed by atoms with Gasteiger partial charge in [-0.2, -0.15) is 0 Å². The second-order valence-electron chi connectivity index (χ2n) is 5.84. The Bertz CT molecular complexity index is 647. The summed E-state index contributed by atoms with van der Waals surface area (Å²) in [6, 6.07) is 13.9. The maximum absolute atomic E-state index is 12.0. The molecule has 0 aliphatic heterocycles. The van der Waals surface area contributed by atoms with E-state index in [1.807, 2.05) is 44.2 Å². The molecular formula is C20H25NO2. The van der Waals surface area contributed by atoms with Gasteiger partial charge in [-0.05, 0) is 61.6 Å². The van der Waals surface area contributed by atoms with Crippen LogP contribution in [0, 0.1) is 13.8 Å². The quantitative estimate of drug-likeness (QED) is 0.807. The largest absolute Gasteiger partial charge is 0.483 e. The molecule has 0 spiro atoms. The van der Waals surface area contributed by atoms with Gasteiger partial charge in [-0.15, -0.1) is 0 Å². The molecule has 1 N–H and O–H groups in total. The SMILES string of the molecule is CCCCc1ccc(NC(=O)COc2cccc(C)c2C)cc1. The highest BCUT2D eigenvalue weighted by atomic mass is 16.5. The Morgan fingerprint density at radius 1 is 1.09 bits per heavy atom. The molecule has 0 fully saturated rings. The summed E-state index contributed by atoms with van der Waals surface area (Å²) in [5.74, 6) is 0.613. The van der Waals surface area contributed by atoms with Crippen LogP contribution in [-0.2, 0) is 11.2 Å². The van der Waals surface area contributed by atoms with E-state index in [0.717, 1.165) is 29.0 Å². The Labute approximate surface area is 138 Å². The number of rotatable bonds is 7. The number of ether oxygens (including phenoxy) is 1. The van der Waals surface area contributed by atoms with Gasteiger partial charge in [-0.1, -0.05) is 37.6 Å². The third-order valence-corrected chi connectivity index (χ3v) is 3.97. The number of hydrogen-bond acceptors (Lipinski definition) is 2. The molecule has 0 radical (unpaired) electrons. The number of hydrogen-bond donors (Lipinski definition) is 1. The average molecular weight is 311 g/mol. The number of carbonyl (C=O) groups excluding carboxylic acids is 1. The van der Waals surface area contributed by atoms with Gasteiger partial charge in [0.15, 0.2) is 6.61 Å². The van der Waals surface area contributed by atoms with Crippen molar-refractivity contribution >= 4 is 11.6 Å². The first kappa shape index (κ1) is 17.1. The Morgan fingerprint density at radius 2 is 1.83 bits per heavy atom. The lowest BCUT2D eigenvalue weighted by atomic mass is 10.1. The van der Waals surface area contributed by atoms with Crippen molar-refractivity contribution in [3.8, 4) is 5.75 Å². The van der Waals surface area contributed by atoms with Crippen LogP contribution in [0.15, 0.2) is 42.5 Å². The number of carbonyl (C=O) groups is 1. The summed E-state index contributed by atoms with van der Waals surface area (Å²) in [7, 11) is 0. The van der Waals surface area contributed by atoms with Crippen LogP contribution < -0.4 is 10.1 Å². The van der Waals surface area contributed by atoms with Gasteiger partial charge in [-0.25, -0.2) is 0 Å². The predicted molar refractivity (Wildman–Crippen MR) is 95.1 cm³/mol. The minimum atomic E-state index is -0.146. The summed E-state index contributed by atoms with van der Waals surface area (Å²) in [4.78, 5) is 12.0. The standard InChI is InChI=1S/C20H25NO2/c1-4-5-8-17-10-12-18(13-11-17)21-20(22)14-23-19-9-6-7-15(2)16(19)3/h6-7,9-13H,4-5,8,14H2,1-3H3,(H,21,22). The molecule has 3 heteroatoms. The van der Waals surface area contributed by atoms with Crippen molar-refractivity contribution in [3.63, 3.8) is 0 Å². The summed E-state index contributed by atoms with van der Waals surface area (Å²) >= 11 is 0. The summed E-state index contributed by atoms with van der Waals surface area (Å²) < 4.78 is 5.62. The van der Waals surface area contributed by atoms with Gasteiger partial charge in [0, 0.05) is 5.69 Å². The van der Waals surface area contributed by atoms with E-state index in [2.05, 4.69) is 24.4 Å². The molecule has 1 amide bonds. The topological polar surface area (TPSA) is 38.3 Å². The highest BCUT2D eigenvalue weighted by molar-refractivity contribution is 5.91. The summed E-state index contributed by atoms with van der Waals surface area (Å²) in [6.07, 6.45) is 3.46. The van der Waals surface area contributed by atoms with E-state index >= 15 is 0 Å². The van der Waals surface area contributed by atoms with Crippen LogP contribution >= 0.6 is 0 Å². The Morgan fingerprint density at radius 3 is 2.52 bits per heavy atom. The molecular weight excluding hydrogens is 286 g/mol. The molecule has 0 heterocycles. The second-order valence-corrected chi connectivity index (χ2v) is 5.84. The molecule has 2 rings (SSSR count). The molecule has 0 aliphatic carbocycles. The number of benzene rings is 2. The monoisotopic (exact) mass is 311 g/mol. The average Bonchev–Trinajstić information content (AvgIpc) is 2.55. The molecule has 0 aromatic heterocycles. The van der Waals surface area contributed by atoms with Crippen LogP contribution in [0.5, 0.6) is 5.75 Å². The third kappa shape index (κ3) is 5.13. The minimum absolute atomic E-state index is 0.0158. The first-order valence-electron chi connectivity index (χ1n) is 8.18. The first-order valence-corrected chi connectivity index (χ1v) is 8.18. The number of aryl methyl sites for hydroxylation is 2. The van der Waals surface area contributed by atoms with Crippen LogP contribution in [0.4, 0.5) is 5.69 Å². The van der Waals surface area contributed by atoms with Gasteiger partial charge in [0.2, 0.25) is 0 Å². The molecule has 0 saturated carbocycles. The van der Waals surface area contributed by atoms with Gasteiger partial charge in [0.25, 0.3) is 5.91 Å². The molecule has 0 unspecified atom stereocenters. The predicted octanol–water partition coefficient (Wildman–Crippen LogP) is 4.66. The van der Waals surface area contributed by atoms with E-state index in [4.69, 9.17) is 4.74 Å². The van der Waals surface area contributed by atoms with Crippen molar-refractivity contribution in [3.05, 3.63) is 59.2 Å². The molecule has 3 nitrogen and oxygen atoms in total. The smallest absolute Gasteiger partial charge is 0.262 e. The molecule has 2 aromatic carbocycles. The van der Waals surface area contributed by atoms with E-state index in [0.29, 0.717) is 0 Å². The maximum Gasteiger partial charge on any atom is 0.262 e. The molecule has 122 valence electrons. The molecule has 0 saturated heterocycles. The van der Waals surface area contributed by atoms with Gasteiger partial charge >= 0.3 is 0 Å². The van der Waals surface area contributed by atoms with Crippen LogP contribution in [0.1, 0.15) is 36.5 Å². The lowest BCUT2D eigenvalue weighted by Crippen LogP contribution is -2.20. The Kier molecular flexibility index (Phi) is 6.21. The fourth-order valence-electron chi connectivity index (χ4n) is 2.36. The van der Waals surface area contributed by atoms with Gasteiger partial charge in [-0.3, -0.25) is 4.79 Å². The van der Waals surface area contributed by atoms with E-state index in [-0.39, 0.29) is 12.5 Å². The molecule has 0 aliphatic rings. The number of anilines is 1. The first-order chi connectivity index (χ1) is 11.1. The van der Waals surface area contributed by atoms with Crippen molar-refractivity contribution in [1.82, 2.24) is 0 Å². The fourth-order valence-corrected chi connectivity index (χ4v) is 2.36. The van der Waals surface area contributed by atoms with E-state index in [1.165, 1.54) is 18.4 Å². The van der Waals surface area contributed by atoms with Crippen molar-refractivity contribution in [2.24, 2.45) is 0 Å². The van der Waals surface area contributed by atoms with Crippen molar-refractivity contribution in [2.75, 3.05) is 11.9 Å². The van der Waals surface area contributed by atoms with Crippen molar-refractivity contribution in [2.45, 2.75) is 40.0 Å². The van der Waals surface area contributed by atoms with E-state index < -0.39 is 0 Å². The third-order valence-electron chi connectivity index (χ3n) is 3.97. The minimum Gasteiger partial charge on any atom is -0.483 e. The van der Waals surface area contributed by atoms with Crippen LogP contribution in [0.2, 0.25) is 0 Å². The lowest BCUT2D eigenvalue weighted by molar-refractivity contribution is -0.118. The molecule has 0 bridgehead atoms. The van der Waals surface area contributed by atoms with Crippen LogP contribution in [0.25, 0.3) is 0 Å². The molecule has 23 heavy (non-hydrogen) atoms. The summed E-state index contributed by atoms with van der Waals surface area (Å²) in [5, 5.41) is 2.87. The van der Waals surface area contributed by atoms with Gasteiger partial charge in [0.1, 0.15) is 5.75 Å². The fraction of sp³-hybridized carbons (Fsp3) is 0.350. The zero-order chi connectivity index (χ0) is 16.7. The van der Waals surface area contributed by atoms with E-state index in [1.54, 1.807) is 0 Å². The van der Waals surface area contributed by atoms with E-state index in [9.17, 15) is 4.79 Å². The van der Waals surface area contributed by atoms with Crippen LogP contribution in [-0.4, -0.2) is 12.5 Å². The highest BCUT2D eigenvalue weighted by Gasteiger charge is 2.06. The molecule has 2 aromatic rings. The van der Waals surface area contributed by atoms with Crippen molar-refractivity contribution < 1.29 is 9.53 Å².